The third-order valence-corrected chi connectivity index (χ3v) is 5.74. The molecule has 2 heterocycles. The molecule has 5 rings (SSSR count). The average molecular weight is 377 g/mol. The van der Waals surface area contributed by atoms with E-state index < -0.39 is 5.41 Å². The second-order valence-corrected chi connectivity index (χ2v) is 8.80. The average Bonchev–Trinajstić information content (AvgIpc) is 3.13. The largest absolute Gasteiger partial charge is 0.358 e. The molecule has 1 amide bonds. The summed E-state index contributed by atoms with van der Waals surface area (Å²) in [5.74, 6) is 0.0428. The van der Waals surface area contributed by atoms with Gasteiger partial charge in [0.25, 0.3) is 0 Å². The molecule has 146 valence electrons. The predicted octanol–water partition coefficient (Wildman–Crippen LogP) is 4.90. The minimum Gasteiger partial charge on any atom is -0.358 e. The van der Waals surface area contributed by atoms with Gasteiger partial charge in [-0.15, -0.1) is 0 Å². The molecule has 0 radical (unpaired) electrons. The molecule has 1 fully saturated rings. The van der Waals surface area contributed by atoms with Gasteiger partial charge in [-0.2, -0.15) is 15.4 Å². The van der Waals surface area contributed by atoms with Crippen LogP contribution < -0.4 is 5.32 Å². The number of nitrogens with zero attached hydrogens (tertiary/aromatic N) is 2. The molecule has 1 aliphatic carbocycles. The quantitative estimate of drug-likeness (QED) is 0.475. The Morgan fingerprint density at radius 1 is 1.07 bits per heavy atom. The van der Waals surface area contributed by atoms with Gasteiger partial charge in [-0.25, -0.2) is 0 Å². The summed E-state index contributed by atoms with van der Waals surface area (Å²) in [7, 11) is 0. The highest BCUT2D eigenvalue weighted by Gasteiger charge is 2.51. The van der Waals surface area contributed by atoms with Crippen LogP contribution in [-0.4, -0.2) is 26.3 Å². The summed E-state index contributed by atoms with van der Waals surface area (Å²) in [6.45, 7) is 6.58. The number of fused-ring (bicyclic) bond motifs is 2. The van der Waals surface area contributed by atoms with Crippen LogP contribution >= 0.6 is 0 Å². The number of hydrogen-bond donors (Lipinski definition) is 3. The molecule has 0 aliphatic heterocycles. The molecular formula is C22H27N5O. The Balaban J connectivity index is 0.00000128. The Kier molecular flexibility index (Phi) is 3.44. The van der Waals surface area contributed by atoms with Crippen molar-refractivity contribution < 1.29 is 7.65 Å². The second-order valence-electron chi connectivity index (χ2n) is 8.80. The lowest BCUT2D eigenvalue weighted by molar-refractivity contribution is -0.118. The van der Waals surface area contributed by atoms with Gasteiger partial charge in [0, 0.05) is 25.2 Å². The van der Waals surface area contributed by atoms with Crippen molar-refractivity contribution in [3.05, 3.63) is 53.7 Å². The van der Waals surface area contributed by atoms with Gasteiger partial charge in [-0.05, 0) is 60.2 Å². The van der Waals surface area contributed by atoms with E-state index in [1.54, 1.807) is 0 Å². The first kappa shape index (κ1) is 17.0. The van der Waals surface area contributed by atoms with E-state index in [1.165, 1.54) is 5.69 Å². The number of aromatic nitrogens is 4. The predicted molar refractivity (Wildman–Crippen MR) is 115 cm³/mol. The van der Waals surface area contributed by atoms with Crippen molar-refractivity contribution in [1.82, 2.24) is 20.4 Å². The maximum Gasteiger partial charge on any atom is 0.235 e. The highest BCUT2D eigenvalue weighted by atomic mass is 16.2. The summed E-state index contributed by atoms with van der Waals surface area (Å²) in [6.07, 6.45) is 1.74. The van der Waals surface area contributed by atoms with E-state index in [1.807, 2.05) is 18.2 Å². The minimum atomic E-state index is -0.438. The van der Waals surface area contributed by atoms with Crippen molar-refractivity contribution in [2.75, 3.05) is 5.32 Å². The molecule has 0 saturated heterocycles. The number of rotatable bonds is 3. The molecule has 28 heavy (non-hydrogen) atoms. The smallest absolute Gasteiger partial charge is 0.235 e. The Hall–Kier alpha value is -3.15. The highest BCUT2D eigenvalue weighted by Crippen LogP contribution is 2.49. The van der Waals surface area contributed by atoms with E-state index in [0.29, 0.717) is 0 Å². The van der Waals surface area contributed by atoms with Crippen LogP contribution in [0.2, 0.25) is 0 Å². The lowest BCUT2D eigenvalue weighted by atomic mass is 9.91. The molecule has 0 atom stereocenters. The number of carbonyl (C=O) groups is 1. The van der Waals surface area contributed by atoms with E-state index in [4.69, 9.17) is 0 Å². The first-order valence-corrected chi connectivity index (χ1v) is 9.61. The summed E-state index contributed by atoms with van der Waals surface area (Å²) in [5, 5.41) is 15.0. The molecule has 6 nitrogen and oxygen atoms in total. The lowest BCUT2D eigenvalue weighted by Crippen LogP contribution is -2.27. The van der Waals surface area contributed by atoms with E-state index in [-0.39, 0.29) is 14.2 Å². The van der Waals surface area contributed by atoms with Gasteiger partial charge in [-0.1, -0.05) is 26.8 Å². The molecule has 6 heteroatoms. The monoisotopic (exact) mass is 377 g/mol. The van der Waals surface area contributed by atoms with Crippen LogP contribution in [0.4, 0.5) is 5.69 Å². The summed E-state index contributed by atoms with van der Waals surface area (Å²) in [5.41, 5.74) is 5.30. The fraction of sp³-hybridized carbons (Fsp3) is 0.318. The van der Waals surface area contributed by atoms with Crippen molar-refractivity contribution in [2.24, 2.45) is 0 Å². The number of carbonyl (C=O) groups excluding carboxylic acids is 1. The van der Waals surface area contributed by atoms with Crippen LogP contribution in [0.5, 0.6) is 0 Å². The van der Waals surface area contributed by atoms with Gasteiger partial charge in [0.05, 0.1) is 5.41 Å². The third-order valence-electron chi connectivity index (χ3n) is 5.74. The van der Waals surface area contributed by atoms with Gasteiger partial charge < -0.3 is 10.3 Å². The molecule has 0 spiro atoms. The Morgan fingerprint density at radius 3 is 2.61 bits per heavy atom. The SMILES string of the molecule is CC(C)(C)c1cc2cc(C3(C(=O)Nc4ccc5n[nH]nc5c4)CC3)ccc2[nH]1.[HH].[HH]. The molecular weight excluding hydrogens is 350 g/mol. The normalized spacial score (nSPS) is 15.8. The van der Waals surface area contributed by atoms with Crippen LogP contribution in [0, 0.1) is 0 Å². The molecule has 3 N–H and O–H groups in total. The maximum absolute atomic E-state index is 13.1. The summed E-state index contributed by atoms with van der Waals surface area (Å²) in [6, 6.07) is 14.1. The number of amides is 1. The van der Waals surface area contributed by atoms with Crippen molar-refractivity contribution in [2.45, 2.75) is 44.4 Å². The van der Waals surface area contributed by atoms with Crippen molar-refractivity contribution in [3.63, 3.8) is 0 Å². The highest BCUT2D eigenvalue weighted by molar-refractivity contribution is 6.02. The molecule has 4 aromatic rings. The molecule has 0 bridgehead atoms. The fourth-order valence-corrected chi connectivity index (χ4v) is 3.77. The number of aromatic amines is 2. The van der Waals surface area contributed by atoms with Crippen molar-refractivity contribution >= 4 is 33.5 Å². The Bertz CT molecular complexity index is 1220. The van der Waals surface area contributed by atoms with Crippen molar-refractivity contribution in [3.8, 4) is 0 Å². The Morgan fingerprint density at radius 2 is 1.86 bits per heavy atom. The van der Waals surface area contributed by atoms with Gasteiger partial charge in [0.15, 0.2) is 0 Å². The van der Waals surface area contributed by atoms with E-state index in [0.717, 1.165) is 46.0 Å². The number of hydrogen-bond acceptors (Lipinski definition) is 3. The first-order valence-electron chi connectivity index (χ1n) is 9.61. The first-order chi connectivity index (χ1) is 13.3. The van der Waals surface area contributed by atoms with Crippen LogP contribution in [0.1, 0.15) is 47.7 Å². The fourth-order valence-electron chi connectivity index (χ4n) is 3.77. The minimum absolute atomic E-state index is 0. The number of benzene rings is 2. The van der Waals surface area contributed by atoms with Gasteiger partial charge in [-0.3, -0.25) is 4.79 Å². The zero-order chi connectivity index (χ0) is 19.5. The zero-order valence-electron chi connectivity index (χ0n) is 16.3. The van der Waals surface area contributed by atoms with Gasteiger partial charge in [0.1, 0.15) is 11.0 Å². The second kappa shape index (κ2) is 5.67. The van der Waals surface area contributed by atoms with E-state index in [2.05, 4.69) is 70.7 Å². The van der Waals surface area contributed by atoms with E-state index >= 15 is 0 Å². The van der Waals surface area contributed by atoms with Crippen LogP contribution in [0.3, 0.4) is 0 Å². The lowest BCUT2D eigenvalue weighted by Gasteiger charge is -2.16. The van der Waals surface area contributed by atoms with Crippen LogP contribution in [0.25, 0.3) is 21.9 Å². The molecule has 1 aliphatic rings. The maximum atomic E-state index is 13.1. The summed E-state index contributed by atoms with van der Waals surface area (Å²) in [4.78, 5) is 16.6. The zero-order valence-corrected chi connectivity index (χ0v) is 16.3. The van der Waals surface area contributed by atoms with Crippen molar-refractivity contribution in [1.29, 1.82) is 0 Å². The molecule has 2 aromatic carbocycles. The van der Waals surface area contributed by atoms with Crippen LogP contribution in [-0.2, 0) is 15.6 Å². The van der Waals surface area contributed by atoms with Gasteiger partial charge >= 0.3 is 0 Å². The summed E-state index contributed by atoms with van der Waals surface area (Å²) >= 11 is 0. The Labute approximate surface area is 165 Å². The summed E-state index contributed by atoms with van der Waals surface area (Å²) < 4.78 is 0. The van der Waals surface area contributed by atoms with E-state index in [9.17, 15) is 4.79 Å². The molecule has 2 aromatic heterocycles. The number of anilines is 1. The topological polar surface area (TPSA) is 86.5 Å². The molecule has 0 unspecified atom stereocenters. The number of H-pyrrole nitrogens is 2. The molecule has 1 saturated carbocycles. The number of nitrogens with one attached hydrogen (secondary N) is 3. The van der Waals surface area contributed by atoms with Crippen LogP contribution in [0.15, 0.2) is 42.5 Å². The standard InChI is InChI=1S/C22H23N5O.2H2/c1-21(2,3)19-11-13-10-14(4-6-16(13)24-19)22(8-9-22)20(28)23-15-5-7-17-18(12-15)26-27-25-17;;/h4-7,10-12,24H,8-9H2,1-3H3,(H,23,28)(H,25,26,27);2*1H. The third kappa shape index (κ3) is 2.68. The van der Waals surface area contributed by atoms with Gasteiger partial charge in [0.2, 0.25) is 5.91 Å².